The number of anilines is 1. The van der Waals surface area contributed by atoms with E-state index in [2.05, 4.69) is 5.32 Å². The first-order chi connectivity index (χ1) is 15.6. The second-order valence-corrected chi connectivity index (χ2v) is 7.10. The lowest BCUT2D eigenvalue weighted by Gasteiger charge is -2.19. The molecule has 33 heavy (non-hydrogen) atoms. The average molecular weight is 458 g/mol. The summed E-state index contributed by atoms with van der Waals surface area (Å²) in [6.45, 7) is 1.47. The van der Waals surface area contributed by atoms with Crippen molar-refractivity contribution >= 4 is 17.3 Å². The molecule has 1 aromatic heterocycles. The van der Waals surface area contributed by atoms with E-state index in [4.69, 9.17) is 9.15 Å². The molecule has 0 aliphatic heterocycles. The van der Waals surface area contributed by atoms with E-state index in [-0.39, 0.29) is 28.5 Å². The standard InChI is InChI=1S/C22H19FN2O8/c1-11-7-18(27)21(22(29)33-11)14(12-3-6-19(32-2)17(26)8-12)10-20(28)24-13-4-5-15(23)16(9-13)25(30)31/h3-9,14,26-27H,10H2,1-2H3,(H,24,28). The third-order valence-corrected chi connectivity index (χ3v) is 4.86. The molecule has 0 bridgehead atoms. The number of halogens is 1. The van der Waals surface area contributed by atoms with Gasteiger partial charge in [0.1, 0.15) is 11.5 Å². The van der Waals surface area contributed by atoms with Gasteiger partial charge in [-0.3, -0.25) is 14.9 Å². The number of nitro groups is 1. The molecule has 172 valence electrons. The Kier molecular flexibility index (Phi) is 6.61. The summed E-state index contributed by atoms with van der Waals surface area (Å²) in [5.74, 6) is -3.18. The van der Waals surface area contributed by atoms with Crippen LogP contribution in [0, 0.1) is 22.9 Å². The van der Waals surface area contributed by atoms with E-state index >= 15 is 0 Å². The fourth-order valence-electron chi connectivity index (χ4n) is 3.36. The molecule has 3 rings (SSSR count). The Morgan fingerprint density at radius 1 is 1.21 bits per heavy atom. The van der Waals surface area contributed by atoms with Crippen molar-refractivity contribution in [1.82, 2.24) is 0 Å². The summed E-state index contributed by atoms with van der Waals surface area (Å²) in [6.07, 6.45) is -0.418. The maximum Gasteiger partial charge on any atom is 0.343 e. The minimum Gasteiger partial charge on any atom is -0.507 e. The third kappa shape index (κ3) is 5.09. The largest absolute Gasteiger partial charge is 0.507 e. The summed E-state index contributed by atoms with van der Waals surface area (Å²) in [6, 6.07) is 8.26. The zero-order valence-corrected chi connectivity index (χ0v) is 17.5. The molecule has 0 aliphatic rings. The molecule has 0 radical (unpaired) electrons. The minimum absolute atomic E-state index is 0.0374. The van der Waals surface area contributed by atoms with Gasteiger partial charge in [-0.25, -0.2) is 4.79 Å². The molecule has 3 aromatic rings. The number of phenolic OH excluding ortho intramolecular Hbond substituents is 1. The number of nitrogens with zero attached hydrogens (tertiary/aromatic N) is 1. The van der Waals surface area contributed by atoms with Crippen LogP contribution in [0.2, 0.25) is 0 Å². The fourth-order valence-corrected chi connectivity index (χ4v) is 3.36. The summed E-state index contributed by atoms with van der Waals surface area (Å²) < 4.78 is 23.6. The summed E-state index contributed by atoms with van der Waals surface area (Å²) in [7, 11) is 1.35. The molecule has 0 spiro atoms. The lowest BCUT2D eigenvalue weighted by Crippen LogP contribution is -2.21. The van der Waals surface area contributed by atoms with Gasteiger partial charge in [0.15, 0.2) is 11.5 Å². The quantitative estimate of drug-likeness (QED) is 0.359. The normalized spacial score (nSPS) is 11.6. The molecule has 0 saturated heterocycles. The Balaban J connectivity index is 2.00. The summed E-state index contributed by atoms with van der Waals surface area (Å²) in [4.78, 5) is 35.3. The Bertz CT molecular complexity index is 1290. The van der Waals surface area contributed by atoms with Gasteiger partial charge in [-0.2, -0.15) is 4.39 Å². The van der Waals surface area contributed by atoms with E-state index in [0.29, 0.717) is 5.56 Å². The first-order valence-corrected chi connectivity index (χ1v) is 9.55. The van der Waals surface area contributed by atoms with Gasteiger partial charge in [0.2, 0.25) is 11.7 Å². The summed E-state index contributed by atoms with van der Waals surface area (Å²) in [5, 5.41) is 33.9. The summed E-state index contributed by atoms with van der Waals surface area (Å²) >= 11 is 0. The maximum atomic E-state index is 13.6. The van der Waals surface area contributed by atoms with E-state index in [1.54, 1.807) is 0 Å². The Morgan fingerprint density at radius 3 is 2.55 bits per heavy atom. The van der Waals surface area contributed by atoms with Crippen LogP contribution in [-0.4, -0.2) is 28.2 Å². The summed E-state index contributed by atoms with van der Waals surface area (Å²) in [5.41, 5.74) is -1.66. The molecule has 2 aromatic carbocycles. The van der Waals surface area contributed by atoms with Crippen LogP contribution in [-0.2, 0) is 4.79 Å². The van der Waals surface area contributed by atoms with Crippen LogP contribution in [0.25, 0.3) is 0 Å². The number of methoxy groups -OCH3 is 1. The van der Waals surface area contributed by atoms with Crippen molar-refractivity contribution in [1.29, 1.82) is 0 Å². The Labute approximate surface area is 186 Å². The first kappa shape index (κ1) is 23.3. The molecule has 3 N–H and O–H groups in total. The molecule has 1 amide bonds. The van der Waals surface area contributed by atoms with Crippen LogP contribution >= 0.6 is 0 Å². The zero-order valence-electron chi connectivity index (χ0n) is 17.5. The first-order valence-electron chi connectivity index (χ1n) is 9.55. The second kappa shape index (κ2) is 9.39. The number of nitro benzene ring substituents is 1. The Hall–Kier alpha value is -4.41. The van der Waals surface area contributed by atoms with Crippen molar-refractivity contribution < 1.29 is 33.5 Å². The van der Waals surface area contributed by atoms with Crippen molar-refractivity contribution in [2.75, 3.05) is 12.4 Å². The molecule has 1 heterocycles. The number of amides is 1. The smallest absolute Gasteiger partial charge is 0.343 e. The third-order valence-electron chi connectivity index (χ3n) is 4.86. The topological polar surface area (TPSA) is 152 Å². The molecule has 11 heteroatoms. The number of aryl methyl sites for hydroxylation is 1. The van der Waals surface area contributed by atoms with Gasteiger partial charge < -0.3 is 24.7 Å². The molecule has 1 unspecified atom stereocenters. The van der Waals surface area contributed by atoms with Crippen LogP contribution in [0.5, 0.6) is 17.2 Å². The molecular weight excluding hydrogens is 439 g/mol. The molecule has 0 saturated carbocycles. The number of rotatable bonds is 7. The highest BCUT2D eigenvalue weighted by Crippen LogP contribution is 2.36. The van der Waals surface area contributed by atoms with Crippen molar-refractivity contribution in [2.45, 2.75) is 19.3 Å². The van der Waals surface area contributed by atoms with Crippen LogP contribution in [0.4, 0.5) is 15.8 Å². The van der Waals surface area contributed by atoms with Crippen LogP contribution < -0.4 is 15.7 Å². The SMILES string of the molecule is COc1ccc(C(CC(=O)Nc2ccc(F)c([N+](=O)[O-])c2)c2c(O)cc(C)oc2=O)cc1O. The van der Waals surface area contributed by atoms with Gasteiger partial charge in [0.05, 0.1) is 17.6 Å². The zero-order chi connectivity index (χ0) is 24.3. The lowest BCUT2D eigenvalue weighted by molar-refractivity contribution is -0.387. The molecule has 10 nitrogen and oxygen atoms in total. The number of nitrogens with one attached hydrogen (secondary N) is 1. The lowest BCUT2D eigenvalue weighted by atomic mass is 9.88. The van der Waals surface area contributed by atoms with Crippen molar-refractivity contribution in [2.24, 2.45) is 0 Å². The molecule has 1 atom stereocenters. The van der Waals surface area contributed by atoms with Crippen LogP contribution in [0.1, 0.15) is 29.2 Å². The van der Waals surface area contributed by atoms with E-state index in [1.165, 1.54) is 38.3 Å². The van der Waals surface area contributed by atoms with E-state index in [1.807, 2.05) is 0 Å². The average Bonchev–Trinajstić information content (AvgIpc) is 2.73. The number of benzene rings is 2. The van der Waals surface area contributed by atoms with Gasteiger partial charge in [0.25, 0.3) is 0 Å². The predicted molar refractivity (Wildman–Crippen MR) is 114 cm³/mol. The van der Waals surface area contributed by atoms with Crippen molar-refractivity contribution in [3.63, 3.8) is 0 Å². The fraction of sp³-hybridized carbons (Fsp3) is 0.182. The number of aromatic hydroxyl groups is 2. The highest BCUT2D eigenvalue weighted by atomic mass is 19.1. The maximum absolute atomic E-state index is 13.6. The van der Waals surface area contributed by atoms with E-state index in [9.17, 15) is 34.3 Å². The van der Waals surface area contributed by atoms with Crippen molar-refractivity contribution in [3.8, 4) is 17.2 Å². The van der Waals surface area contributed by atoms with Gasteiger partial charge in [-0.15, -0.1) is 0 Å². The van der Waals surface area contributed by atoms with Gasteiger partial charge in [-0.05, 0) is 36.8 Å². The highest BCUT2D eigenvalue weighted by Gasteiger charge is 2.27. The molecule has 0 aliphatic carbocycles. The second-order valence-electron chi connectivity index (χ2n) is 7.10. The molecular formula is C22H19FN2O8. The number of hydrogen-bond acceptors (Lipinski definition) is 8. The minimum atomic E-state index is -1.06. The Morgan fingerprint density at radius 2 is 1.94 bits per heavy atom. The number of carbonyl (C=O) groups is 1. The van der Waals surface area contributed by atoms with Crippen LogP contribution in [0.15, 0.2) is 51.7 Å². The van der Waals surface area contributed by atoms with Gasteiger partial charge in [-0.1, -0.05) is 6.07 Å². The number of carbonyl (C=O) groups excluding carboxylic acids is 1. The van der Waals surface area contributed by atoms with Crippen molar-refractivity contribution in [3.05, 3.63) is 85.7 Å². The highest BCUT2D eigenvalue weighted by molar-refractivity contribution is 5.92. The van der Waals surface area contributed by atoms with E-state index in [0.717, 1.165) is 18.2 Å². The van der Waals surface area contributed by atoms with E-state index < -0.39 is 46.0 Å². The van der Waals surface area contributed by atoms with Crippen LogP contribution in [0.3, 0.4) is 0 Å². The number of phenols is 1. The van der Waals surface area contributed by atoms with Gasteiger partial charge in [0, 0.05) is 30.2 Å². The predicted octanol–water partition coefficient (Wildman–Crippen LogP) is 3.58. The monoisotopic (exact) mass is 458 g/mol. The molecule has 0 fully saturated rings. The number of ether oxygens (including phenoxy) is 1. The van der Waals surface area contributed by atoms with Gasteiger partial charge >= 0.3 is 11.3 Å². The number of hydrogen-bond donors (Lipinski definition) is 3.